The highest BCUT2D eigenvalue weighted by molar-refractivity contribution is 14.1. The SMILES string of the molecule is CCOc1cc(C=NNC(=O)CCNC(=O)c2ccc(OC)cc2)cc(I)c1OC. The third kappa shape index (κ3) is 6.90. The molecular formula is C21H24IN3O5. The van der Waals surface area contributed by atoms with Gasteiger partial charge in [-0.3, -0.25) is 9.59 Å². The van der Waals surface area contributed by atoms with Crippen LogP contribution in [0.2, 0.25) is 0 Å². The second kappa shape index (κ2) is 12.0. The molecule has 0 aliphatic carbocycles. The summed E-state index contributed by atoms with van der Waals surface area (Å²) in [6.45, 7) is 2.59. The fraction of sp³-hybridized carbons (Fsp3) is 0.286. The molecule has 2 amide bonds. The van der Waals surface area contributed by atoms with Crippen LogP contribution in [0.5, 0.6) is 17.2 Å². The van der Waals surface area contributed by atoms with Gasteiger partial charge in [0, 0.05) is 18.5 Å². The highest BCUT2D eigenvalue weighted by Crippen LogP contribution is 2.33. The lowest BCUT2D eigenvalue weighted by Crippen LogP contribution is -2.29. The topological polar surface area (TPSA) is 98.2 Å². The minimum absolute atomic E-state index is 0.101. The van der Waals surface area contributed by atoms with Gasteiger partial charge in [0.2, 0.25) is 5.91 Å². The van der Waals surface area contributed by atoms with Crippen molar-refractivity contribution in [1.29, 1.82) is 0 Å². The number of halogens is 1. The Hall–Kier alpha value is -2.82. The number of amides is 2. The van der Waals surface area contributed by atoms with Crippen molar-refractivity contribution in [2.24, 2.45) is 5.10 Å². The summed E-state index contributed by atoms with van der Waals surface area (Å²) in [4.78, 5) is 24.0. The van der Waals surface area contributed by atoms with Gasteiger partial charge in [-0.2, -0.15) is 5.10 Å². The van der Waals surface area contributed by atoms with E-state index in [9.17, 15) is 9.59 Å². The Balaban J connectivity index is 1.82. The summed E-state index contributed by atoms with van der Waals surface area (Å²) in [5.41, 5.74) is 3.70. The van der Waals surface area contributed by atoms with Crippen molar-refractivity contribution in [2.45, 2.75) is 13.3 Å². The van der Waals surface area contributed by atoms with Gasteiger partial charge in [0.1, 0.15) is 5.75 Å². The van der Waals surface area contributed by atoms with Gasteiger partial charge in [0.05, 0.1) is 30.6 Å². The van der Waals surface area contributed by atoms with E-state index in [1.807, 2.05) is 13.0 Å². The number of hydrogen-bond donors (Lipinski definition) is 2. The molecule has 0 heterocycles. The van der Waals surface area contributed by atoms with Crippen LogP contribution in [0.3, 0.4) is 0 Å². The number of rotatable bonds is 10. The maximum absolute atomic E-state index is 12.1. The molecule has 2 rings (SSSR count). The number of methoxy groups -OCH3 is 2. The van der Waals surface area contributed by atoms with E-state index in [-0.39, 0.29) is 24.8 Å². The van der Waals surface area contributed by atoms with Crippen molar-refractivity contribution < 1.29 is 23.8 Å². The zero-order chi connectivity index (χ0) is 21.9. The molecule has 0 aliphatic heterocycles. The standard InChI is InChI=1S/C21H24IN3O5/c1-4-30-18-12-14(11-17(22)20(18)29-3)13-24-25-19(26)9-10-23-21(27)15-5-7-16(28-2)8-6-15/h5-8,11-13H,4,9-10H2,1-3H3,(H,23,27)(H,25,26). The minimum Gasteiger partial charge on any atom is -0.497 e. The molecule has 0 saturated heterocycles. The summed E-state index contributed by atoms with van der Waals surface area (Å²) in [5.74, 6) is 1.37. The highest BCUT2D eigenvalue weighted by atomic mass is 127. The molecule has 0 fully saturated rings. The second-order valence-corrected chi connectivity index (χ2v) is 7.16. The predicted molar refractivity (Wildman–Crippen MR) is 123 cm³/mol. The number of nitrogens with zero attached hydrogens (tertiary/aromatic N) is 1. The molecule has 2 aromatic rings. The Morgan fingerprint density at radius 1 is 1.13 bits per heavy atom. The van der Waals surface area contributed by atoms with E-state index in [1.54, 1.807) is 44.6 Å². The average molecular weight is 525 g/mol. The maximum atomic E-state index is 12.1. The lowest BCUT2D eigenvalue weighted by Gasteiger charge is -2.11. The van der Waals surface area contributed by atoms with Crippen LogP contribution in [0, 0.1) is 3.57 Å². The summed E-state index contributed by atoms with van der Waals surface area (Å²) < 4.78 is 16.8. The third-order valence-electron chi connectivity index (χ3n) is 3.93. The van der Waals surface area contributed by atoms with Gasteiger partial charge < -0.3 is 19.5 Å². The summed E-state index contributed by atoms with van der Waals surface area (Å²) >= 11 is 2.15. The number of benzene rings is 2. The molecule has 8 nitrogen and oxygen atoms in total. The van der Waals surface area contributed by atoms with Crippen molar-refractivity contribution >= 4 is 40.6 Å². The molecule has 0 aliphatic rings. The van der Waals surface area contributed by atoms with E-state index >= 15 is 0 Å². The second-order valence-electron chi connectivity index (χ2n) is 5.99. The van der Waals surface area contributed by atoms with Gasteiger partial charge >= 0.3 is 0 Å². The molecule has 0 unspecified atom stereocenters. The summed E-state index contributed by atoms with van der Waals surface area (Å²) in [6, 6.07) is 10.4. The maximum Gasteiger partial charge on any atom is 0.251 e. The van der Waals surface area contributed by atoms with Crippen LogP contribution in [-0.4, -0.2) is 45.4 Å². The van der Waals surface area contributed by atoms with Gasteiger partial charge in [-0.1, -0.05) is 0 Å². The number of hydrogen-bond acceptors (Lipinski definition) is 6. The van der Waals surface area contributed by atoms with Gasteiger partial charge in [-0.05, 0) is 71.5 Å². The highest BCUT2D eigenvalue weighted by Gasteiger charge is 2.10. The number of hydrazone groups is 1. The Morgan fingerprint density at radius 2 is 1.87 bits per heavy atom. The number of carbonyl (C=O) groups excluding carboxylic acids is 2. The first-order valence-electron chi connectivity index (χ1n) is 9.23. The van der Waals surface area contributed by atoms with Crippen LogP contribution in [0.15, 0.2) is 41.5 Å². The fourth-order valence-electron chi connectivity index (χ4n) is 2.49. The fourth-order valence-corrected chi connectivity index (χ4v) is 3.34. The zero-order valence-electron chi connectivity index (χ0n) is 17.0. The van der Waals surface area contributed by atoms with Gasteiger partial charge in [0.25, 0.3) is 5.91 Å². The number of nitrogens with one attached hydrogen (secondary N) is 2. The summed E-state index contributed by atoms with van der Waals surface area (Å²) in [5, 5.41) is 6.66. The van der Waals surface area contributed by atoms with Crippen LogP contribution in [-0.2, 0) is 4.79 Å². The van der Waals surface area contributed by atoms with E-state index in [1.165, 1.54) is 6.21 Å². The van der Waals surface area contributed by atoms with E-state index in [4.69, 9.17) is 14.2 Å². The van der Waals surface area contributed by atoms with Crippen LogP contribution >= 0.6 is 22.6 Å². The lowest BCUT2D eigenvalue weighted by atomic mass is 10.2. The van der Waals surface area contributed by atoms with Crippen LogP contribution < -0.4 is 25.0 Å². The number of carbonyl (C=O) groups is 2. The monoisotopic (exact) mass is 525 g/mol. The van der Waals surface area contributed by atoms with Gasteiger partial charge in [-0.25, -0.2) is 5.43 Å². The molecule has 30 heavy (non-hydrogen) atoms. The largest absolute Gasteiger partial charge is 0.497 e. The van der Waals surface area contributed by atoms with Crippen molar-refractivity contribution in [3.05, 3.63) is 51.1 Å². The van der Waals surface area contributed by atoms with Crippen LogP contribution in [0.4, 0.5) is 0 Å². The molecule has 2 N–H and O–H groups in total. The van der Waals surface area contributed by atoms with Crippen molar-refractivity contribution in [3.8, 4) is 17.2 Å². The molecule has 0 bridgehead atoms. The molecular weight excluding hydrogens is 501 g/mol. The van der Waals surface area contributed by atoms with Gasteiger partial charge in [-0.15, -0.1) is 0 Å². The van der Waals surface area contributed by atoms with Gasteiger partial charge in [0.15, 0.2) is 11.5 Å². The molecule has 160 valence electrons. The van der Waals surface area contributed by atoms with E-state index in [0.29, 0.717) is 29.4 Å². The first kappa shape index (κ1) is 23.5. The van der Waals surface area contributed by atoms with E-state index in [0.717, 1.165) is 9.13 Å². The zero-order valence-corrected chi connectivity index (χ0v) is 19.2. The quantitative estimate of drug-likeness (QED) is 0.283. The molecule has 2 aromatic carbocycles. The molecule has 0 spiro atoms. The lowest BCUT2D eigenvalue weighted by molar-refractivity contribution is -0.120. The molecule has 0 aromatic heterocycles. The molecule has 9 heteroatoms. The van der Waals surface area contributed by atoms with Crippen LogP contribution in [0.1, 0.15) is 29.3 Å². The van der Waals surface area contributed by atoms with Crippen LogP contribution in [0.25, 0.3) is 0 Å². The Labute approximate surface area is 189 Å². The summed E-state index contributed by atoms with van der Waals surface area (Å²) in [7, 11) is 3.14. The smallest absolute Gasteiger partial charge is 0.251 e. The number of ether oxygens (including phenoxy) is 3. The Morgan fingerprint density at radius 3 is 2.50 bits per heavy atom. The third-order valence-corrected chi connectivity index (χ3v) is 4.73. The van der Waals surface area contributed by atoms with E-state index in [2.05, 4.69) is 38.4 Å². The molecule has 0 atom stereocenters. The van der Waals surface area contributed by atoms with Crippen molar-refractivity contribution in [1.82, 2.24) is 10.7 Å². The Kier molecular flexibility index (Phi) is 9.39. The average Bonchev–Trinajstić information content (AvgIpc) is 2.74. The Bertz CT molecular complexity index is 900. The van der Waals surface area contributed by atoms with Crippen molar-refractivity contribution in [3.63, 3.8) is 0 Å². The predicted octanol–water partition coefficient (Wildman–Crippen LogP) is 2.98. The molecule has 0 saturated carbocycles. The summed E-state index contributed by atoms with van der Waals surface area (Å²) in [6.07, 6.45) is 1.63. The first-order chi connectivity index (χ1) is 14.5. The normalized spacial score (nSPS) is 10.5. The van der Waals surface area contributed by atoms with E-state index < -0.39 is 0 Å². The van der Waals surface area contributed by atoms with Crippen molar-refractivity contribution in [2.75, 3.05) is 27.4 Å². The minimum atomic E-state index is -0.311. The molecule has 0 radical (unpaired) electrons. The first-order valence-corrected chi connectivity index (χ1v) is 10.3.